The Morgan fingerprint density at radius 1 is 1.05 bits per heavy atom. The second-order valence-electron chi connectivity index (χ2n) is 4.43. The number of hydrogen-bond acceptors (Lipinski definition) is 2. The Kier molecular flexibility index (Phi) is 2.75. The molecule has 0 spiro atoms. The van der Waals surface area contributed by atoms with Crippen molar-refractivity contribution in [2.45, 2.75) is 0 Å². The molecular formula is C15H10F2N2O. The molecule has 20 heavy (non-hydrogen) atoms. The molecule has 1 heterocycles. The number of fused-ring (bicyclic) bond motifs is 1. The molecule has 0 saturated carbocycles. The van der Waals surface area contributed by atoms with Crippen molar-refractivity contribution in [1.29, 1.82) is 0 Å². The number of nitrogen functional groups attached to an aromatic ring is 1. The van der Waals surface area contributed by atoms with Gasteiger partial charge < -0.3 is 10.7 Å². The second kappa shape index (κ2) is 4.45. The topological polar surface area (TPSA) is 58.9 Å². The van der Waals surface area contributed by atoms with Gasteiger partial charge in [0.25, 0.3) is 0 Å². The lowest BCUT2D eigenvalue weighted by Crippen LogP contribution is -2.06. The standard InChI is InChI=1S/C15H10F2N2O/c16-11-6-12(17)13(18)5-9(11)15(20)10-7-19-14-4-2-1-3-8(10)14/h1-7,19H,18H2. The molecule has 0 fully saturated rings. The number of para-hydroxylation sites is 1. The maximum atomic E-state index is 13.7. The summed E-state index contributed by atoms with van der Waals surface area (Å²) >= 11 is 0. The van der Waals surface area contributed by atoms with Gasteiger partial charge in [-0.1, -0.05) is 18.2 Å². The van der Waals surface area contributed by atoms with E-state index >= 15 is 0 Å². The molecule has 3 N–H and O–H groups in total. The summed E-state index contributed by atoms with van der Waals surface area (Å²) < 4.78 is 26.9. The van der Waals surface area contributed by atoms with E-state index in [2.05, 4.69) is 4.98 Å². The summed E-state index contributed by atoms with van der Waals surface area (Å²) in [4.78, 5) is 15.3. The number of halogens is 2. The number of anilines is 1. The van der Waals surface area contributed by atoms with Crippen LogP contribution in [0.1, 0.15) is 15.9 Å². The van der Waals surface area contributed by atoms with Crippen LogP contribution >= 0.6 is 0 Å². The zero-order valence-corrected chi connectivity index (χ0v) is 10.3. The molecule has 0 aliphatic rings. The van der Waals surface area contributed by atoms with Crippen LogP contribution < -0.4 is 5.73 Å². The molecule has 0 amide bonds. The smallest absolute Gasteiger partial charge is 0.198 e. The zero-order chi connectivity index (χ0) is 14.3. The number of H-pyrrole nitrogens is 1. The van der Waals surface area contributed by atoms with Gasteiger partial charge in [0.15, 0.2) is 5.78 Å². The maximum absolute atomic E-state index is 13.7. The van der Waals surface area contributed by atoms with Crippen LogP contribution in [-0.4, -0.2) is 10.8 Å². The summed E-state index contributed by atoms with van der Waals surface area (Å²) in [7, 11) is 0. The Morgan fingerprint density at radius 2 is 1.80 bits per heavy atom. The third-order valence-electron chi connectivity index (χ3n) is 3.16. The van der Waals surface area contributed by atoms with Crippen molar-refractivity contribution in [3.63, 3.8) is 0 Å². The Morgan fingerprint density at radius 3 is 2.60 bits per heavy atom. The summed E-state index contributed by atoms with van der Waals surface area (Å²) in [6.45, 7) is 0. The van der Waals surface area contributed by atoms with Gasteiger partial charge in [-0.25, -0.2) is 8.78 Å². The number of aromatic amines is 1. The number of rotatable bonds is 2. The van der Waals surface area contributed by atoms with E-state index in [1.54, 1.807) is 12.1 Å². The normalized spacial score (nSPS) is 10.9. The summed E-state index contributed by atoms with van der Waals surface area (Å²) in [5, 5.41) is 0.680. The van der Waals surface area contributed by atoms with Crippen LogP contribution in [0.25, 0.3) is 10.9 Å². The lowest BCUT2D eigenvalue weighted by Gasteiger charge is -2.04. The van der Waals surface area contributed by atoms with Gasteiger partial charge >= 0.3 is 0 Å². The first-order valence-electron chi connectivity index (χ1n) is 5.93. The first kappa shape index (κ1) is 12.3. The van der Waals surface area contributed by atoms with E-state index in [1.165, 1.54) is 6.20 Å². The largest absolute Gasteiger partial charge is 0.396 e. The maximum Gasteiger partial charge on any atom is 0.198 e. The monoisotopic (exact) mass is 272 g/mol. The van der Waals surface area contributed by atoms with E-state index in [-0.39, 0.29) is 11.3 Å². The number of benzene rings is 2. The molecule has 5 heteroatoms. The highest BCUT2D eigenvalue weighted by molar-refractivity contribution is 6.16. The Hall–Kier alpha value is -2.69. The number of hydrogen-bond donors (Lipinski definition) is 2. The van der Waals surface area contributed by atoms with Gasteiger partial charge in [-0.05, 0) is 12.1 Å². The van der Waals surface area contributed by atoms with Gasteiger partial charge in [0.1, 0.15) is 11.6 Å². The predicted octanol–water partition coefficient (Wildman–Crippen LogP) is 3.26. The van der Waals surface area contributed by atoms with Gasteiger partial charge in [0.05, 0.1) is 11.3 Å². The van der Waals surface area contributed by atoms with Crippen LogP contribution in [0.15, 0.2) is 42.6 Å². The fraction of sp³-hybridized carbons (Fsp3) is 0. The SMILES string of the molecule is Nc1cc(C(=O)c2c[nH]c3ccccc23)c(F)cc1F. The first-order valence-corrected chi connectivity index (χ1v) is 5.93. The quantitative estimate of drug-likeness (QED) is 0.555. The first-order chi connectivity index (χ1) is 9.58. The number of carbonyl (C=O) groups is 1. The van der Waals surface area contributed by atoms with Gasteiger partial charge in [0, 0.05) is 28.7 Å². The van der Waals surface area contributed by atoms with Crippen molar-refractivity contribution in [1.82, 2.24) is 4.98 Å². The average Bonchev–Trinajstić information content (AvgIpc) is 2.86. The van der Waals surface area contributed by atoms with E-state index < -0.39 is 17.4 Å². The molecule has 0 atom stereocenters. The van der Waals surface area contributed by atoms with Crippen molar-refractivity contribution >= 4 is 22.4 Å². The molecule has 3 aromatic rings. The molecule has 3 nitrogen and oxygen atoms in total. The number of carbonyl (C=O) groups excluding carboxylic acids is 1. The molecule has 0 unspecified atom stereocenters. The number of nitrogens with one attached hydrogen (secondary N) is 1. The van der Waals surface area contributed by atoms with E-state index in [1.807, 2.05) is 12.1 Å². The minimum atomic E-state index is -0.924. The second-order valence-corrected chi connectivity index (χ2v) is 4.43. The highest BCUT2D eigenvalue weighted by Gasteiger charge is 2.19. The average molecular weight is 272 g/mol. The number of aromatic nitrogens is 1. The van der Waals surface area contributed by atoms with Gasteiger partial charge in [-0.3, -0.25) is 4.79 Å². The van der Waals surface area contributed by atoms with E-state index in [9.17, 15) is 13.6 Å². The minimum absolute atomic E-state index is 0.242. The fourth-order valence-electron chi connectivity index (χ4n) is 2.14. The summed E-state index contributed by atoms with van der Waals surface area (Å²) in [5.41, 5.74) is 5.99. The van der Waals surface area contributed by atoms with Crippen LogP contribution in [0.5, 0.6) is 0 Å². The third kappa shape index (κ3) is 1.84. The molecule has 100 valence electrons. The van der Waals surface area contributed by atoms with Crippen LogP contribution in [-0.2, 0) is 0 Å². The molecule has 0 aliphatic heterocycles. The third-order valence-corrected chi connectivity index (χ3v) is 3.16. The van der Waals surface area contributed by atoms with Crippen molar-refractivity contribution in [3.8, 4) is 0 Å². The molecule has 2 aromatic carbocycles. The lowest BCUT2D eigenvalue weighted by atomic mass is 10.0. The molecule has 1 aromatic heterocycles. The molecule has 0 aliphatic carbocycles. The van der Waals surface area contributed by atoms with Crippen molar-refractivity contribution in [2.24, 2.45) is 0 Å². The minimum Gasteiger partial charge on any atom is -0.396 e. The van der Waals surface area contributed by atoms with Crippen LogP contribution in [0.2, 0.25) is 0 Å². The number of nitrogens with two attached hydrogens (primary N) is 1. The Balaban J connectivity index is 2.16. The Bertz CT molecular complexity index is 824. The Labute approximate surface area is 113 Å². The van der Waals surface area contributed by atoms with E-state index in [0.29, 0.717) is 17.0 Å². The zero-order valence-electron chi connectivity index (χ0n) is 10.3. The number of ketones is 1. The summed E-state index contributed by atoms with van der Waals surface area (Å²) in [6, 6.07) is 8.81. The molecule has 0 bridgehead atoms. The van der Waals surface area contributed by atoms with Crippen LogP contribution in [0.3, 0.4) is 0 Å². The van der Waals surface area contributed by atoms with Gasteiger partial charge in [0.2, 0.25) is 0 Å². The molecular weight excluding hydrogens is 262 g/mol. The van der Waals surface area contributed by atoms with Gasteiger partial charge in [-0.2, -0.15) is 0 Å². The van der Waals surface area contributed by atoms with Crippen molar-refractivity contribution in [2.75, 3.05) is 5.73 Å². The molecule has 3 rings (SSSR count). The highest BCUT2D eigenvalue weighted by Crippen LogP contribution is 2.24. The van der Waals surface area contributed by atoms with Crippen LogP contribution in [0, 0.1) is 11.6 Å². The summed E-state index contributed by atoms with van der Waals surface area (Å²) in [5.74, 6) is -2.34. The highest BCUT2D eigenvalue weighted by atomic mass is 19.1. The lowest BCUT2D eigenvalue weighted by molar-refractivity contribution is 0.103. The summed E-state index contributed by atoms with van der Waals surface area (Å²) in [6.07, 6.45) is 1.51. The fourth-order valence-corrected chi connectivity index (χ4v) is 2.14. The van der Waals surface area contributed by atoms with Crippen molar-refractivity contribution < 1.29 is 13.6 Å². The van der Waals surface area contributed by atoms with Crippen molar-refractivity contribution in [3.05, 3.63) is 65.4 Å². The van der Waals surface area contributed by atoms with E-state index in [0.717, 1.165) is 11.6 Å². The molecule has 0 saturated heterocycles. The van der Waals surface area contributed by atoms with Gasteiger partial charge in [-0.15, -0.1) is 0 Å². The van der Waals surface area contributed by atoms with Crippen LogP contribution in [0.4, 0.5) is 14.5 Å². The predicted molar refractivity (Wildman–Crippen MR) is 72.5 cm³/mol. The van der Waals surface area contributed by atoms with E-state index in [4.69, 9.17) is 5.73 Å². The molecule has 0 radical (unpaired) electrons.